The fraction of sp³-hybridized carbons (Fsp3) is 0.381. The second kappa shape index (κ2) is 6.90. The molecule has 5 heteroatoms. The molecule has 2 fully saturated rings. The lowest BCUT2D eigenvalue weighted by molar-refractivity contribution is -0.148. The number of carbonyl (C=O) groups excluding carboxylic acids is 1. The van der Waals surface area contributed by atoms with Crippen LogP contribution in [0.1, 0.15) is 30.4 Å². The maximum atomic E-state index is 12.7. The molecule has 2 saturated carbocycles. The Hall–Kier alpha value is -2.69. The summed E-state index contributed by atoms with van der Waals surface area (Å²) < 4.78 is 0. The van der Waals surface area contributed by atoms with E-state index in [0.29, 0.717) is 0 Å². The molecule has 2 aromatic rings. The number of fused-ring (bicyclic) bond motifs is 2. The van der Waals surface area contributed by atoms with Gasteiger partial charge in [-0.1, -0.05) is 12.1 Å². The Balaban J connectivity index is 1.42. The number of nitrogens with zero attached hydrogens (tertiary/aromatic N) is 1. The number of benzene rings is 1. The third kappa shape index (κ3) is 3.21. The summed E-state index contributed by atoms with van der Waals surface area (Å²) in [7, 11) is 0. The third-order valence-electron chi connectivity index (χ3n) is 5.88. The molecule has 2 aliphatic rings. The summed E-state index contributed by atoms with van der Waals surface area (Å²) >= 11 is 0. The van der Waals surface area contributed by atoms with Gasteiger partial charge >= 0.3 is 5.97 Å². The quantitative estimate of drug-likeness (QED) is 0.867. The van der Waals surface area contributed by atoms with Crippen LogP contribution in [0.3, 0.4) is 0 Å². The van der Waals surface area contributed by atoms with Crippen LogP contribution in [0.25, 0.3) is 0 Å². The highest BCUT2D eigenvalue weighted by molar-refractivity contribution is 5.96. The number of hydrogen-bond donors (Lipinski definition) is 2. The molecule has 134 valence electrons. The number of nitrogens with one attached hydrogen (secondary N) is 1. The van der Waals surface area contributed by atoms with Crippen LogP contribution in [0.15, 0.2) is 48.8 Å². The van der Waals surface area contributed by atoms with E-state index in [1.807, 2.05) is 36.4 Å². The predicted octanol–water partition coefficient (Wildman–Crippen LogP) is 3.36. The van der Waals surface area contributed by atoms with Crippen molar-refractivity contribution in [2.24, 2.45) is 23.7 Å². The number of carbonyl (C=O) groups is 2. The zero-order valence-corrected chi connectivity index (χ0v) is 14.5. The highest BCUT2D eigenvalue weighted by atomic mass is 16.4. The van der Waals surface area contributed by atoms with Gasteiger partial charge < -0.3 is 10.4 Å². The second-order valence-corrected chi connectivity index (χ2v) is 7.44. The van der Waals surface area contributed by atoms with Crippen LogP contribution in [0, 0.1) is 23.7 Å². The van der Waals surface area contributed by atoms with E-state index in [0.717, 1.165) is 36.9 Å². The average Bonchev–Trinajstić information content (AvgIpc) is 3.25. The maximum absolute atomic E-state index is 12.7. The molecule has 2 N–H and O–H groups in total. The van der Waals surface area contributed by atoms with Crippen molar-refractivity contribution in [3.63, 3.8) is 0 Å². The number of anilines is 1. The van der Waals surface area contributed by atoms with Crippen molar-refractivity contribution >= 4 is 17.6 Å². The minimum Gasteiger partial charge on any atom is -0.481 e. The Bertz CT molecular complexity index is 804. The monoisotopic (exact) mass is 350 g/mol. The summed E-state index contributed by atoms with van der Waals surface area (Å²) in [5, 5.41) is 12.4. The van der Waals surface area contributed by atoms with Gasteiger partial charge in [0.2, 0.25) is 5.91 Å². The normalized spacial score (nSPS) is 26.6. The van der Waals surface area contributed by atoms with Gasteiger partial charge in [0.05, 0.1) is 11.8 Å². The van der Waals surface area contributed by atoms with Crippen molar-refractivity contribution in [2.45, 2.75) is 25.7 Å². The summed E-state index contributed by atoms with van der Waals surface area (Å²) in [5.41, 5.74) is 3.06. The van der Waals surface area contributed by atoms with E-state index in [1.165, 1.54) is 5.56 Å². The highest BCUT2D eigenvalue weighted by Crippen LogP contribution is 2.52. The number of hydrogen-bond acceptors (Lipinski definition) is 3. The van der Waals surface area contributed by atoms with Gasteiger partial charge in [0.1, 0.15) is 0 Å². The molecule has 5 nitrogen and oxygen atoms in total. The molecule has 0 spiro atoms. The molecule has 0 saturated heterocycles. The largest absolute Gasteiger partial charge is 0.481 e. The molecule has 0 unspecified atom stereocenters. The van der Waals surface area contributed by atoms with E-state index in [-0.39, 0.29) is 17.7 Å². The van der Waals surface area contributed by atoms with Gasteiger partial charge in [-0.3, -0.25) is 14.6 Å². The number of carboxylic acids is 1. The molecular weight excluding hydrogens is 328 g/mol. The van der Waals surface area contributed by atoms with Crippen LogP contribution < -0.4 is 5.32 Å². The van der Waals surface area contributed by atoms with E-state index in [9.17, 15) is 14.7 Å². The minimum atomic E-state index is -0.829. The Kier molecular flexibility index (Phi) is 4.45. The number of aliphatic carboxylic acids is 1. The van der Waals surface area contributed by atoms with Crippen LogP contribution in [0.4, 0.5) is 5.69 Å². The van der Waals surface area contributed by atoms with Gasteiger partial charge in [-0.15, -0.1) is 0 Å². The van der Waals surface area contributed by atoms with E-state index in [1.54, 1.807) is 12.4 Å². The summed E-state index contributed by atoms with van der Waals surface area (Å²) in [6.07, 6.45) is 7.15. The van der Waals surface area contributed by atoms with Gasteiger partial charge in [-0.2, -0.15) is 0 Å². The molecule has 0 radical (unpaired) electrons. The first-order valence-electron chi connectivity index (χ1n) is 9.13. The van der Waals surface area contributed by atoms with Crippen molar-refractivity contribution in [2.75, 3.05) is 5.32 Å². The fourth-order valence-corrected chi connectivity index (χ4v) is 4.69. The molecule has 1 aromatic heterocycles. The molecule has 4 atom stereocenters. The highest BCUT2D eigenvalue weighted by Gasteiger charge is 2.53. The fourth-order valence-electron chi connectivity index (χ4n) is 4.69. The average molecular weight is 350 g/mol. The standard InChI is InChI=1S/C21H22N2O3/c24-20(18-15-3-4-16(12-15)19(18)21(25)26)23-17-5-1-13(2-6-17)11-14-7-9-22-10-8-14/h1-2,5-10,15-16,18-19H,3-4,11-12H2,(H,23,24)(H,25,26)/t15-,16-,18+,19+/m0/s1. The molecule has 1 aromatic carbocycles. The van der Waals surface area contributed by atoms with Gasteiger partial charge in [-0.25, -0.2) is 0 Å². The van der Waals surface area contributed by atoms with Crippen molar-refractivity contribution in [3.8, 4) is 0 Å². The van der Waals surface area contributed by atoms with Crippen molar-refractivity contribution in [1.82, 2.24) is 4.98 Å². The van der Waals surface area contributed by atoms with E-state index in [2.05, 4.69) is 10.3 Å². The predicted molar refractivity (Wildman–Crippen MR) is 97.6 cm³/mol. The molecule has 4 rings (SSSR count). The summed E-state index contributed by atoms with van der Waals surface area (Å²) in [6, 6.07) is 11.7. The SMILES string of the molecule is O=C(O)[C@@H]1[C@H]2CC[C@@H](C2)[C@H]1C(=O)Nc1ccc(Cc2ccncc2)cc1. The van der Waals surface area contributed by atoms with Crippen LogP contribution in [0.5, 0.6) is 0 Å². The lowest BCUT2D eigenvalue weighted by Crippen LogP contribution is -2.37. The van der Waals surface area contributed by atoms with Crippen LogP contribution in [-0.2, 0) is 16.0 Å². The topological polar surface area (TPSA) is 79.3 Å². The van der Waals surface area contributed by atoms with Crippen molar-refractivity contribution in [1.29, 1.82) is 0 Å². The number of rotatable bonds is 5. The Morgan fingerprint density at radius 3 is 2.23 bits per heavy atom. The second-order valence-electron chi connectivity index (χ2n) is 7.44. The number of pyridine rings is 1. The van der Waals surface area contributed by atoms with E-state index >= 15 is 0 Å². The van der Waals surface area contributed by atoms with Gasteiger partial charge in [0.15, 0.2) is 0 Å². The lowest BCUT2D eigenvalue weighted by atomic mass is 9.78. The maximum Gasteiger partial charge on any atom is 0.307 e. The molecule has 2 bridgehead atoms. The van der Waals surface area contributed by atoms with Crippen LogP contribution >= 0.6 is 0 Å². The molecular formula is C21H22N2O3. The summed E-state index contributed by atoms with van der Waals surface area (Å²) in [4.78, 5) is 28.3. The number of aromatic nitrogens is 1. The van der Waals surface area contributed by atoms with E-state index in [4.69, 9.17) is 0 Å². The van der Waals surface area contributed by atoms with Gasteiger partial charge in [0.25, 0.3) is 0 Å². The van der Waals surface area contributed by atoms with Crippen LogP contribution in [0.2, 0.25) is 0 Å². The number of carboxylic acid groups (broad SMARTS) is 1. The molecule has 26 heavy (non-hydrogen) atoms. The van der Waals surface area contributed by atoms with Crippen LogP contribution in [-0.4, -0.2) is 22.0 Å². The van der Waals surface area contributed by atoms with Crippen molar-refractivity contribution < 1.29 is 14.7 Å². The van der Waals surface area contributed by atoms with E-state index < -0.39 is 17.8 Å². The van der Waals surface area contributed by atoms with Crippen molar-refractivity contribution in [3.05, 3.63) is 59.9 Å². The minimum absolute atomic E-state index is 0.147. The Morgan fingerprint density at radius 2 is 1.58 bits per heavy atom. The molecule has 1 amide bonds. The zero-order chi connectivity index (χ0) is 18.1. The zero-order valence-electron chi connectivity index (χ0n) is 14.5. The molecule has 1 heterocycles. The lowest BCUT2D eigenvalue weighted by Gasteiger charge is -2.27. The van der Waals surface area contributed by atoms with Gasteiger partial charge in [0, 0.05) is 18.1 Å². The van der Waals surface area contributed by atoms with Gasteiger partial charge in [-0.05, 0) is 72.9 Å². The Labute approximate surface area is 152 Å². The third-order valence-corrected chi connectivity index (χ3v) is 5.88. The number of amides is 1. The first-order valence-corrected chi connectivity index (χ1v) is 9.13. The first kappa shape index (κ1) is 16.8. The summed E-state index contributed by atoms with van der Waals surface area (Å²) in [6.45, 7) is 0. The first-order chi connectivity index (χ1) is 12.6. The summed E-state index contributed by atoms with van der Waals surface area (Å²) in [5.74, 6) is -1.53. The molecule has 2 aliphatic carbocycles. The Morgan fingerprint density at radius 1 is 0.962 bits per heavy atom. The smallest absolute Gasteiger partial charge is 0.307 e. The molecule has 0 aliphatic heterocycles.